The Kier molecular flexibility index (Phi) is 5.52. The van der Waals surface area contributed by atoms with Gasteiger partial charge in [0.25, 0.3) is 0 Å². The Morgan fingerprint density at radius 2 is 2.00 bits per heavy atom. The molecule has 0 atom stereocenters. The molecule has 0 saturated heterocycles. The van der Waals surface area contributed by atoms with E-state index in [9.17, 15) is 4.79 Å². The van der Waals surface area contributed by atoms with E-state index in [1.165, 1.54) is 6.92 Å². The summed E-state index contributed by atoms with van der Waals surface area (Å²) in [6, 6.07) is 0. The van der Waals surface area contributed by atoms with Crippen LogP contribution in [0.25, 0.3) is 0 Å². The fourth-order valence-electron chi connectivity index (χ4n) is 0.914. The monoisotopic (exact) mass is 181 g/mol. The highest BCUT2D eigenvalue weighted by atomic mass is 16.1. The highest BCUT2D eigenvalue weighted by Crippen LogP contribution is 1.91. The van der Waals surface area contributed by atoms with Gasteiger partial charge >= 0.3 is 0 Å². The molecular formula is C10H15NO2. The number of hydrogen-bond donors (Lipinski definition) is 1. The van der Waals surface area contributed by atoms with Gasteiger partial charge in [-0.3, -0.25) is 4.79 Å². The van der Waals surface area contributed by atoms with Crippen molar-refractivity contribution in [3.8, 4) is 0 Å². The van der Waals surface area contributed by atoms with Crippen molar-refractivity contribution in [2.45, 2.75) is 27.2 Å². The minimum atomic E-state index is 0.168. The van der Waals surface area contributed by atoms with Crippen molar-refractivity contribution < 1.29 is 4.79 Å². The van der Waals surface area contributed by atoms with Gasteiger partial charge in [-0.25, -0.2) is 0 Å². The van der Waals surface area contributed by atoms with Crippen LogP contribution in [0.3, 0.4) is 0 Å². The van der Waals surface area contributed by atoms with Crippen LogP contribution in [0.15, 0.2) is 17.2 Å². The number of hydrogen-bond acceptors (Lipinski definition) is 2. The molecule has 3 nitrogen and oxygen atoms in total. The average molecular weight is 181 g/mol. The Hall–Kier alpha value is -1.38. The maximum Gasteiger partial charge on any atom is 0.187 e. The number of rotatable bonds is 1. The van der Waals surface area contributed by atoms with Crippen molar-refractivity contribution in [2.24, 2.45) is 0 Å². The molecule has 0 amide bonds. The van der Waals surface area contributed by atoms with Gasteiger partial charge in [0.2, 0.25) is 0 Å². The Morgan fingerprint density at radius 1 is 1.46 bits per heavy atom. The van der Waals surface area contributed by atoms with E-state index in [-0.39, 0.29) is 5.43 Å². The van der Waals surface area contributed by atoms with Crippen molar-refractivity contribution >= 4 is 6.29 Å². The van der Waals surface area contributed by atoms with E-state index in [1.807, 2.05) is 13.8 Å². The van der Waals surface area contributed by atoms with E-state index in [4.69, 9.17) is 4.79 Å². The predicted octanol–water partition coefficient (Wildman–Crippen LogP) is 1.45. The fraction of sp³-hybridized carbons (Fsp3) is 0.400. The number of aromatic amines is 1. The SMILES string of the molecule is CC=O.CCc1c[nH]cc(C)c1=O. The third-order valence-electron chi connectivity index (χ3n) is 1.59. The van der Waals surface area contributed by atoms with Gasteiger partial charge in [0.1, 0.15) is 6.29 Å². The zero-order valence-corrected chi connectivity index (χ0v) is 8.26. The van der Waals surface area contributed by atoms with Crippen molar-refractivity contribution in [3.63, 3.8) is 0 Å². The highest BCUT2D eigenvalue weighted by Gasteiger charge is 1.96. The van der Waals surface area contributed by atoms with Crippen molar-refractivity contribution in [1.29, 1.82) is 0 Å². The normalized spacial score (nSPS) is 8.54. The maximum atomic E-state index is 11.2. The molecule has 13 heavy (non-hydrogen) atoms. The van der Waals surface area contributed by atoms with Crippen LogP contribution in [-0.4, -0.2) is 11.3 Å². The summed E-state index contributed by atoms with van der Waals surface area (Å²) in [6.45, 7) is 5.24. The molecule has 1 rings (SSSR count). The second-order valence-corrected chi connectivity index (χ2v) is 2.58. The van der Waals surface area contributed by atoms with Crippen LogP contribution >= 0.6 is 0 Å². The first-order valence-corrected chi connectivity index (χ1v) is 4.23. The zero-order valence-electron chi connectivity index (χ0n) is 8.26. The summed E-state index contributed by atoms with van der Waals surface area (Å²) in [7, 11) is 0. The number of aldehydes is 1. The molecule has 0 spiro atoms. The van der Waals surface area contributed by atoms with Crippen molar-refractivity contribution in [3.05, 3.63) is 33.7 Å². The third kappa shape index (κ3) is 3.69. The smallest absolute Gasteiger partial charge is 0.187 e. The van der Waals surface area contributed by atoms with Crippen LogP contribution in [0.4, 0.5) is 0 Å². The van der Waals surface area contributed by atoms with Crippen LogP contribution in [0, 0.1) is 6.92 Å². The summed E-state index contributed by atoms with van der Waals surface area (Å²) in [6.07, 6.45) is 5.04. The molecular weight excluding hydrogens is 166 g/mol. The van der Waals surface area contributed by atoms with Gasteiger partial charge in [-0.05, 0) is 20.3 Å². The number of aryl methyl sites for hydroxylation is 2. The van der Waals surface area contributed by atoms with Gasteiger partial charge < -0.3 is 9.78 Å². The standard InChI is InChI=1S/C8H11NO.C2H4O/c1-3-7-5-9-4-6(2)8(7)10;1-2-3/h4-5H,3H2,1-2H3,(H,9,10);2H,1H3. The first-order valence-electron chi connectivity index (χ1n) is 4.23. The van der Waals surface area contributed by atoms with Gasteiger partial charge in [0.05, 0.1) is 0 Å². The molecule has 0 aliphatic rings. The Balaban J connectivity index is 0.000000424. The first-order chi connectivity index (χ1) is 6.17. The minimum absolute atomic E-state index is 0.168. The number of aromatic nitrogens is 1. The molecule has 0 unspecified atom stereocenters. The fourth-order valence-corrected chi connectivity index (χ4v) is 0.914. The minimum Gasteiger partial charge on any atom is -0.367 e. The molecule has 3 heteroatoms. The summed E-state index contributed by atoms with van der Waals surface area (Å²) in [5.74, 6) is 0. The molecule has 0 aromatic carbocycles. The lowest BCUT2D eigenvalue weighted by Crippen LogP contribution is -2.10. The molecule has 1 aromatic heterocycles. The van der Waals surface area contributed by atoms with E-state index in [1.54, 1.807) is 12.4 Å². The lowest BCUT2D eigenvalue weighted by atomic mass is 10.2. The Bertz CT molecular complexity index is 315. The van der Waals surface area contributed by atoms with E-state index < -0.39 is 0 Å². The average Bonchev–Trinajstić information content (AvgIpc) is 2.11. The molecule has 1 N–H and O–H groups in total. The number of carbonyl (C=O) groups is 1. The molecule has 0 radical (unpaired) electrons. The van der Waals surface area contributed by atoms with Crippen LogP contribution < -0.4 is 5.43 Å². The lowest BCUT2D eigenvalue weighted by molar-refractivity contribution is -0.106. The zero-order chi connectivity index (χ0) is 10.3. The van der Waals surface area contributed by atoms with Gasteiger partial charge in [-0.2, -0.15) is 0 Å². The molecule has 0 bridgehead atoms. The summed E-state index contributed by atoms with van der Waals surface area (Å²) >= 11 is 0. The Morgan fingerprint density at radius 3 is 2.38 bits per heavy atom. The van der Waals surface area contributed by atoms with Crippen LogP contribution in [0.1, 0.15) is 25.0 Å². The number of nitrogens with one attached hydrogen (secondary N) is 1. The van der Waals surface area contributed by atoms with Gasteiger partial charge in [0, 0.05) is 23.5 Å². The second-order valence-electron chi connectivity index (χ2n) is 2.58. The van der Waals surface area contributed by atoms with E-state index >= 15 is 0 Å². The summed E-state index contributed by atoms with van der Waals surface area (Å²) < 4.78 is 0. The topological polar surface area (TPSA) is 49.9 Å². The quantitative estimate of drug-likeness (QED) is 0.667. The number of H-pyrrole nitrogens is 1. The predicted molar refractivity (Wildman–Crippen MR) is 52.9 cm³/mol. The number of pyridine rings is 1. The van der Waals surface area contributed by atoms with Crippen LogP contribution in [-0.2, 0) is 11.2 Å². The molecule has 72 valence electrons. The largest absolute Gasteiger partial charge is 0.367 e. The van der Waals surface area contributed by atoms with E-state index in [0.717, 1.165) is 23.8 Å². The molecule has 0 aliphatic carbocycles. The molecule has 0 saturated carbocycles. The van der Waals surface area contributed by atoms with Crippen molar-refractivity contribution in [1.82, 2.24) is 4.98 Å². The summed E-state index contributed by atoms with van der Waals surface area (Å²) in [4.78, 5) is 22.9. The Labute approximate surface area is 77.8 Å². The van der Waals surface area contributed by atoms with E-state index in [0.29, 0.717) is 0 Å². The van der Waals surface area contributed by atoms with E-state index in [2.05, 4.69) is 4.98 Å². The van der Waals surface area contributed by atoms with Gasteiger partial charge in [-0.1, -0.05) is 6.92 Å². The van der Waals surface area contributed by atoms with Crippen LogP contribution in [0.5, 0.6) is 0 Å². The van der Waals surface area contributed by atoms with Crippen LogP contribution in [0.2, 0.25) is 0 Å². The second kappa shape index (κ2) is 6.17. The summed E-state index contributed by atoms with van der Waals surface area (Å²) in [5.41, 5.74) is 1.82. The maximum absolute atomic E-state index is 11.2. The van der Waals surface area contributed by atoms with Crippen molar-refractivity contribution in [2.75, 3.05) is 0 Å². The molecule has 1 aromatic rings. The molecule has 1 heterocycles. The number of carbonyl (C=O) groups excluding carboxylic acids is 1. The molecule has 0 fully saturated rings. The van der Waals surface area contributed by atoms with Gasteiger partial charge in [0.15, 0.2) is 5.43 Å². The first kappa shape index (κ1) is 11.6. The molecule has 0 aliphatic heterocycles. The summed E-state index contributed by atoms with van der Waals surface area (Å²) in [5, 5.41) is 0. The lowest BCUT2D eigenvalue weighted by Gasteiger charge is -1.94. The highest BCUT2D eigenvalue weighted by molar-refractivity contribution is 5.44. The third-order valence-corrected chi connectivity index (χ3v) is 1.59. The van der Waals surface area contributed by atoms with Gasteiger partial charge in [-0.15, -0.1) is 0 Å².